The molecule has 0 radical (unpaired) electrons. The number of hydrogen-bond donors (Lipinski definition) is 0. The highest BCUT2D eigenvalue weighted by atomic mass is 19.1. The number of halogens is 1. The second kappa shape index (κ2) is 6.33. The van der Waals surface area contributed by atoms with Gasteiger partial charge in [-0.1, -0.05) is 5.16 Å². The Kier molecular flexibility index (Phi) is 4.04. The number of fused-ring (bicyclic) bond motifs is 2. The predicted octanol–water partition coefficient (Wildman–Crippen LogP) is 2.52. The van der Waals surface area contributed by atoms with Crippen molar-refractivity contribution < 1.29 is 18.4 Å². The van der Waals surface area contributed by atoms with E-state index in [1.54, 1.807) is 4.90 Å². The molecule has 0 unspecified atom stereocenters. The van der Waals surface area contributed by atoms with Crippen molar-refractivity contribution in [2.45, 2.75) is 51.4 Å². The summed E-state index contributed by atoms with van der Waals surface area (Å²) < 4.78 is 18.9. The number of aryl methyl sites for hydroxylation is 1. The van der Waals surface area contributed by atoms with Gasteiger partial charge in [-0.3, -0.25) is 9.69 Å². The molecule has 0 bridgehead atoms. The van der Waals surface area contributed by atoms with Gasteiger partial charge < -0.3 is 14.2 Å². The zero-order chi connectivity index (χ0) is 18.6. The predicted molar refractivity (Wildman–Crippen MR) is 96.9 cm³/mol. The summed E-state index contributed by atoms with van der Waals surface area (Å²) in [7, 11) is 0. The summed E-state index contributed by atoms with van der Waals surface area (Å²) in [5, 5.41) is 4.16. The van der Waals surface area contributed by atoms with Crippen molar-refractivity contribution in [2.75, 3.05) is 26.2 Å². The van der Waals surface area contributed by atoms with E-state index in [0.29, 0.717) is 5.71 Å². The van der Waals surface area contributed by atoms with E-state index >= 15 is 0 Å². The van der Waals surface area contributed by atoms with Gasteiger partial charge in [0.25, 0.3) is 5.91 Å². The number of carbonyl (C=O) groups is 1. The van der Waals surface area contributed by atoms with Gasteiger partial charge in [-0.25, -0.2) is 4.39 Å². The Bertz CT molecular complexity index is 762. The molecule has 2 atom stereocenters. The Labute approximate surface area is 158 Å². The molecule has 1 spiro atoms. The lowest BCUT2D eigenvalue weighted by molar-refractivity contribution is -0.131. The molecule has 1 amide bonds. The third-order valence-corrected chi connectivity index (χ3v) is 6.91. The first-order chi connectivity index (χ1) is 13.0. The second-order valence-electron chi connectivity index (χ2n) is 8.60. The molecule has 6 nitrogen and oxygen atoms in total. The highest BCUT2D eigenvalue weighted by Crippen LogP contribution is 2.54. The number of furan rings is 1. The number of oxime groups is 1. The largest absolute Gasteiger partial charge is 0.465 e. The molecule has 2 saturated heterocycles. The van der Waals surface area contributed by atoms with Gasteiger partial charge in [0.1, 0.15) is 23.8 Å². The maximum atomic E-state index is 13.2. The molecule has 27 heavy (non-hydrogen) atoms. The van der Waals surface area contributed by atoms with Crippen LogP contribution in [0.3, 0.4) is 0 Å². The lowest BCUT2D eigenvalue weighted by Gasteiger charge is -2.43. The summed E-state index contributed by atoms with van der Waals surface area (Å²) in [6, 6.07) is 4.05. The van der Waals surface area contributed by atoms with Gasteiger partial charge in [0.05, 0.1) is 25.6 Å². The Morgan fingerprint density at radius 1 is 1.30 bits per heavy atom. The minimum atomic E-state index is -0.890. The van der Waals surface area contributed by atoms with E-state index in [1.165, 1.54) is 0 Å². The number of likely N-dealkylation sites (tertiary alicyclic amines) is 2. The molecule has 0 N–H and O–H groups in total. The second-order valence-corrected chi connectivity index (χ2v) is 8.60. The first-order valence-corrected chi connectivity index (χ1v) is 9.99. The van der Waals surface area contributed by atoms with Crippen molar-refractivity contribution in [1.29, 1.82) is 0 Å². The summed E-state index contributed by atoms with van der Waals surface area (Å²) in [5.74, 6) is 1.90. The van der Waals surface area contributed by atoms with Crippen molar-refractivity contribution in [3.05, 3.63) is 23.7 Å². The van der Waals surface area contributed by atoms with Crippen LogP contribution in [0, 0.1) is 18.3 Å². The van der Waals surface area contributed by atoms with Crippen molar-refractivity contribution in [2.24, 2.45) is 16.5 Å². The molecule has 0 aromatic carbocycles. The van der Waals surface area contributed by atoms with Gasteiger partial charge in [-0.2, -0.15) is 0 Å². The Hall–Kier alpha value is -1.89. The molecule has 7 heteroatoms. The summed E-state index contributed by atoms with van der Waals surface area (Å²) in [6.45, 7) is 5.16. The highest BCUT2D eigenvalue weighted by molar-refractivity contribution is 6.40. The Balaban J connectivity index is 1.26. The standard InChI is InChI=1S/C20H26FN3O3/c1-13-2-3-15(26-13)12-23-8-6-20(7-9-23)5-4-16-17(20)18(22-27-16)19(25)24-10-14(21)11-24/h2-3,14,16-17H,4-12H2,1H3/t16-,17+/m0/s1. The third kappa shape index (κ3) is 2.87. The van der Waals surface area contributed by atoms with Gasteiger partial charge in [0, 0.05) is 0 Å². The summed E-state index contributed by atoms with van der Waals surface area (Å²) >= 11 is 0. The first kappa shape index (κ1) is 17.2. The number of nitrogens with zero attached hydrogens (tertiary/aromatic N) is 3. The third-order valence-electron chi connectivity index (χ3n) is 6.91. The van der Waals surface area contributed by atoms with Crippen molar-refractivity contribution in [1.82, 2.24) is 9.80 Å². The van der Waals surface area contributed by atoms with Gasteiger partial charge in [0.15, 0.2) is 5.71 Å². The van der Waals surface area contributed by atoms with Crippen LogP contribution < -0.4 is 0 Å². The highest BCUT2D eigenvalue weighted by Gasteiger charge is 2.57. The number of piperidine rings is 1. The number of rotatable bonds is 3. The van der Waals surface area contributed by atoms with Crippen LogP contribution in [0.4, 0.5) is 4.39 Å². The van der Waals surface area contributed by atoms with Gasteiger partial charge in [-0.05, 0) is 63.2 Å². The molecule has 1 saturated carbocycles. The first-order valence-electron chi connectivity index (χ1n) is 9.99. The number of carbonyl (C=O) groups excluding carboxylic acids is 1. The summed E-state index contributed by atoms with van der Waals surface area (Å²) in [5.41, 5.74) is 0.630. The summed E-state index contributed by atoms with van der Waals surface area (Å²) in [4.78, 5) is 22.4. The van der Waals surface area contributed by atoms with E-state index in [1.807, 2.05) is 19.1 Å². The number of alkyl halides is 1. The van der Waals surface area contributed by atoms with Crippen LogP contribution in [0.15, 0.2) is 21.7 Å². The summed E-state index contributed by atoms with van der Waals surface area (Å²) in [6.07, 6.45) is 3.23. The van der Waals surface area contributed by atoms with Gasteiger partial charge in [-0.15, -0.1) is 0 Å². The van der Waals surface area contributed by atoms with Crippen LogP contribution in [-0.2, 0) is 16.2 Å². The maximum absolute atomic E-state index is 13.2. The van der Waals surface area contributed by atoms with Crippen molar-refractivity contribution >= 4 is 11.6 Å². The zero-order valence-corrected chi connectivity index (χ0v) is 15.7. The molecular weight excluding hydrogens is 349 g/mol. The Morgan fingerprint density at radius 2 is 2.07 bits per heavy atom. The topological polar surface area (TPSA) is 58.3 Å². The fourth-order valence-electron chi connectivity index (χ4n) is 5.34. The zero-order valence-electron chi connectivity index (χ0n) is 15.7. The lowest BCUT2D eigenvalue weighted by Crippen LogP contribution is -2.56. The van der Waals surface area contributed by atoms with Crippen LogP contribution in [0.1, 0.15) is 37.2 Å². The van der Waals surface area contributed by atoms with Gasteiger partial charge >= 0.3 is 0 Å². The molecule has 1 aliphatic carbocycles. The molecule has 5 rings (SSSR count). The normalized spacial score (nSPS) is 30.1. The average Bonchev–Trinajstić information content (AvgIpc) is 3.32. The van der Waals surface area contributed by atoms with E-state index in [9.17, 15) is 9.18 Å². The molecular formula is C20H26FN3O3. The van der Waals surface area contributed by atoms with E-state index in [0.717, 1.165) is 56.8 Å². The van der Waals surface area contributed by atoms with E-state index in [-0.39, 0.29) is 36.4 Å². The van der Waals surface area contributed by atoms with Crippen molar-refractivity contribution in [3.63, 3.8) is 0 Å². The molecule has 4 aliphatic rings. The smallest absolute Gasteiger partial charge is 0.272 e. The minimum Gasteiger partial charge on any atom is -0.465 e. The molecule has 1 aromatic rings. The fraction of sp³-hybridized carbons (Fsp3) is 0.700. The monoisotopic (exact) mass is 375 g/mol. The number of hydrogen-bond acceptors (Lipinski definition) is 5. The minimum absolute atomic E-state index is 0.0191. The lowest BCUT2D eigenvalue weighted by atomic mass is 9.68. The van der Waals surface area contributed by atoms with Crippen LogP contribution in [0.2, 0.25) is 0 Å². The fourth-order valence-corrected chi connectivity index (χ4v) is 5.34. The molecule has 3 fully saturated rings. The number of amides is 1. The van der Waals surface area contributed by atoms with Crippen LogP contribution >= 0.6 is 0 Å². The van der Waals surface area contributed by atoms with Crippen molar-refractivity contribution in [3.8, 4) is 0 Å². The maximum Gasteiger partial charge on any atom is 0.272 e. The molecule has 4 heterocycles. The molecule has 1 aromatic heterocycles. The SMILES string of the molecule is Cc1ccc(CN2CCC3(CC[C@@H]4ON=C(C(=O)N5CC(F)C5)[C@@H]43)CC2)o1. The molecule has 146 valence electrons. The van der Waals surface area contributed by atoms with Crippen LogP contribution in [-0.4, -0.2) is 59.9 Å². The Morgan fingerprint density at radius 3 is 2.74 bits per heavy atom. The van der Waals surface area contributed by atoms with E-state index < -0.39 is 6.17 Å². The van der Waals surface area contributed by atoms with E-state index in [2.05, 4.69) is 10.1 Å². The average molecular weight is 375 g/mol. The molecule has 3 aliphatic heterocycles. The van der Waals surface area contributed by atoms with Crippen LogP contribution in [0.5, 0.6) is 0 Å². The van der Waals surface area contributed by atoms with E-state index in [4.69, 9.17) is 9.25 Å². The van der Waals surface area contributed by atoms with Gasteiger partial charge in [0.2, 0.25) is 0 Å². The quantitative estimate of drug-likeness (QED) is 0.815. The van der Waals surface area contributed by atoms with Crippen LogP contribution in [0.25, 0.3) is 0 Å².